The number of hydrogen-bond acceptors (Lipinski definition) is 2. The molecule has 2 amide bonds. The fraction of sp³-hybridized carbons (Fsp3) is 0.273. The summed E-state index contributed by atoms with van der Waals surface area (Å²) in [6.45, 7) is 3.80. The molecule has 0 radical (unpaired) electrons. The summed E-state index contributed by atoms with van der Waals surface area (Å²) >= 11 is 0. The first-order chi connectivity index (χ1) is 7.65. The van der Waals surface area contributed by atoms with E-state index in [-0.39, 0.29) is 12.1 Å². The maximum atomic E-state index is 11.4. The molecular formula is C11H14N4O. The van der Waals surface area contributed by atoms with Crippen molar-refractivity contribution in [3.05, 3.63) is 24.3 Å². The number of nitrogens with one attached hydrogen (secondary N) is 3. The minimum absolute atomic E-state index is 0.101. The first kappa shape index (κ1) is 10.5. The normalized spacial score (nSPS) is 10.7. The fourth-order valence-corrected chi connectivity index (χ4v) is 1.42. The highest BCUT2D eigenvalue weighted by Crippen LogP contribution is 2.12. The molecule has 0 spiro atoms. The SMILES string of the molecule is CC(C)NC(=O)Nc1nc2ccccc2[nH]1. The van der Waals surface area contributed by atoms with E-state index in [0.717, 1.165) is 11.0 Å². The smallest absolute Gasteiger partial charge is 0.321 e. The van der Waals surface area contributed by atoms with Crippen molar-refractivity contribution < 1.29 is 4.79 Å². The number of aromatic amines is 1. The van der Waals surface area contributed by atoms with Crippen molar-refractivity contribution in [1.29, 1.82) is 0 Å². The molecule has 2 aromatic rings. The predicted octanol–water partition coefficient (Wildman–Crippen LogP) is 2.09. The highest BCUT2D eigenvalue weighted by Gasteiger charge is 2.06. The maximum Gasteiger partial charge on any atom is 0.321 e. The van der Waals surface area contributed by atoms with Crippen molar-refractivity contribution in [3.63, 3.8) is 0 Å². The molecule has 0 unspecified atom stereocenters. The van der Waals surface area contributed by atoms with Gasteiger partial charge in [0, 0.05) is 6.04 Å². The summed E-state index contributed by atoms with van der Waals surface area (Å²) in [5.74, 6) is 0.458. The summed E-state index contributed by atoms with van der Waals surface area (Å²) in [5, 5.41) is 5.37. The molecule has 0 saturated heterocycles. The monoisotopic (exact) mass is 218 g/mol. The Morgan fingerprint density at radius 3 is 2.81 bits per heavy atom. The predicted molar refractivity (Wildman–Crippen MR) is 63.4 cm³/mol. The number of nitrogens with zero attached hydrogens (tertiary/aromatic N) is 1. The minimum atomic E-state index is -0.256. The molecule has 0 bridgehead atoms. The molecule has 0 atom stereocenters. The first-order valence-corrected chi connectivity index (χ1v) is 5.17. The van der Waals surface area contributed by atoms with Crippen molar-refractivity contribution in [2.75, 3.05) is 5.32 Å². The van der Waals surface area contributed by atoms with Crippen LogP contribution < -0.4 is 10.6 Å². The lowest BCUT2D eigenvalue weighted by Crippen LogP contribution is -2.34. The van der Waals surface area contributed by atoms with E-state index in [1.807, 2.05) is 38.1 Å². The lowest BCUT2D eigenvalue weighted by Gasteiger charge is -2.07. The van der Waals surface area contributed by atoms with E-state index < -0.39 is 0 Å². The van der Waals surface area contributed by atoms with E-state index in [1.54, 1.807) is 0 Å². The Morgan fingerprint density at radius 1 is 1.38 bits per heavy atom. The van der Waals surface area contributed by atoms with Crippen LogP contribution in [0.1, 0.15) is 13.8 Å². The molecule has 0 aliphatic carbocycles. The molecule has 5 nitrogen and oxygen atoms in total. The van der Waals surface area contributed by atoms with Gasteiger partial charge in [-0.1, -0.05) is 12.1 Å². The van der Waals surface area contributed by atoms with Gasteiger partial charge >= 0.3 is 6.03 Å². The van der Waals surface area contributed by atoms with E-state index in [0.29, 0.717) is 5.95 Å². The summed E-state index contributed by atoms with van der Waals surface area (Å²) in [4.78, 5) is 18.7. The lowest BCUT2D eigenvalue weighted by atomic mass is 10.3. The highest BCUT2D eigenvalue weighted by atomic mass is 16.2. The Hall–Kier alpha value is -2.04. The second kappa shape index (κ2) is 4.22. The van der Waals surface area contributed by atoms with E-state index in [4.69, 9.17) is 0 Å². The van der Waals surface area contributed by atoms with Crippen LogP contribution in [0.3, 0.4) is 0 Å². The van der Waals surface area contributed by atoms with Crippen molar-refractivity contribution in [2.45, 2.75) is 19.9 Å². The molecule has 0 fully saturated rings. The molecule has 0 saturated carbocycles. The van der Waals surface area contributed by atoms with E-state index in [2.05, 4.69) is 20.6 Å². The van der Waals surface area contributed by atoms with Crippen LogP contribution in [0, 0.1) is 0 Å². The van der Waals surface area contributed by atoms with Crippen LogP contribution in [0.4, 0.5) is 10.7 Å². The van der Waals surface area contributed by atoms with Gasteiger partial charge in [0.1, 0.15) is 0 Å². The van der Waals surface area contributed by atoms with Gasteiger partial charge < -0.3 is 10.3 Å². The quantitative estimate of drug-likeness (QED) is 0.722. The van der Waals surface area contributed by atoms with Crippen LogP contribution in [0.5, 0.6) is 0 Å². The Balaban J connectivity index is 2.12. The number of carbonyl (C=O) groups excluding carboxylic acids is 1. The summed E-state index contributed by atoms with van der Waals surface area (Å²) < 4.78 is 0. The zero-order valence-electron chi connectivity index (χ0n) is 9.24. The first-order valence-electron chi connectivity index (χ1n) is 5.17. The largest absolute Gasteiger partial charge is 0.336 e. The molecule has 3 N–H and O–H groups in total. The number of imidazole rings is 1. The second-order valence-corrected chi connectivity index (χ2v) is 3.86. The average Bonchev–Trinajstić information content (AvgIpc) is 2.57. The molecule has 84 valence electrons. The highest BCUT2D eigenvalue weighted by molar-refractivity contribution is 5.89. The molecule has 16 heavy (non-hydrogen) atoms. The molecule has 1 heterocycles. The lowest BCUT2D eigenvalue weighted by molar-refractivity contribution is 0.250. The number of urea groups is 1. The third kappa shape index (κ3) is 2.31. The van der Waals surface area contributed by atoms with Crippen molar-refractivity contribution in [1.82, 2.24) is 15.3 Å². The molecule has 1 aromatic heterocycles. The number of para-hydroxylation sites is 2. The van der Waals surface area contributed by atoms with E-state index in [1.165, 1.54) is 0 Å². The average molecular weight is 218 g/mol. The zero-order chi connectivity index (χ0) is 11.5. The third-order valence-corrected chi connectivity index (χ3v) is 2.04. The van der Waals surface area contributed by atoms with E-state index in [9.17, 15) is 4.79 Å². The van der Waals surface area contributed by atoms with E-state index >= 15 is 0 Å². The number of hydrogen-bond donors (Lipinski definition) is 3. The zero-order valence-corrected chi connectivity index (χ0v) is 9.24. The molecule has 2 rings (SSSR count). The summed E-state index contributed by atoms with van der Waals surface area (Å²) in [6.07, 6.45) is 0. The standard InChI is InChI=1S/C11H14N4O/c1-7(2)12-11(16)15-10-13-8-5-3-4-6-9(8)14-10/h3-7H,1-2H3,(H3,12,13,14,15,16). The second-order valence-electron chi connectivity index (χ2n) is 3.86. The van der Waals surface area contributed by atoms with Crippen LogP contribution in [-0.2, 0) is 0 Å². The van der Waals surface area contributed by atoms with Gasteiger partial charge in [-0.15, -0.1) is 0 Å². The van der Waals surface area contributed by atoms with Gasteiger partial charge in [-0.3, -0.25) is 5.32 Å². The Morgan fingerprint density at radius 2 is 2.12 bits per heavy atom. The van der Waals surface area contributed by atoms with Crippen LogP contribution in [0.2, 0.25) is 0 Å². The number of rotatable bonds is 2. The van der Waals surface area contributed by atoms with Gasteiger partial charge in [0.25, 0.3) is 0 Å². The van der Waals surface area contributed by atoms with Crippen molar-refractivity contribution >= 4 is 23.0 Å². The van der Waals surface area contributed by atoms with Gasteiger partial charge in [0.15, 0.2) is 0 Å². The molecule has 0 aliphatic heterocycles. The number of aromatic nitrogens is 2. The third-order valence-electron chi connectivity index (χ3n) is 2.04. The number of amides is 2. The van der Waals surface area contributed by atoms with Crippen molar-refractivity contribution in [2.24, 2.45) is 0 Å². The van der Waals surface area contributed by atoms with Crippen LogP contribution >= 0.6 is 0 Å². The van der Waals surface area contributed by atoms with Crippen molar-refractivity contribution in [3.8, 4) is 0 Å². The number of benzene rings is 1. The Kier molecular flexibility index (Phi) is 2.76. The van der Waals surface area contributed by atoms with Gasteiger partial charge in [-0.2, -0.15) is 0 Å². The molecule has 1 aromatic carbocycles. The minimum Gasteiger partial charge on any atom is -0.336 e. The van der Waals surface area contributed by atoms with Gasteiger partial charge in [-0.25, -0.2) is 9.78 Å². The number of carbonyl (C=O) groups is 1. The molecule has 5 heteroatoms. The van der Waals surface area contributed by atoms with Crippen LogP contribution in [0.25, 0.3) is 11.0 Å². The summed E-state index contributed by atoms with van der Waals surface area (Å²) in [6, 6.07) is 7.46. The number of H-pyrrole nitrogens is 1. The summed E-state index contributed by atoms with van der Waals surface area (Å²) in [7, 11) is 0. The summed E-state index contributed by atoms with van der Waals surface area (Å²) in [5.41, 5.74) is 1.74. The van der Waals surface area contributed by atoms with Gasteiger partial charge in [0.2, 0.25) is 5.95 Å². The van der Waals surface area contributed by atoms with Gasteiger partial charge in [0.05, 0.1) is 11.0 Å². The van der Waals surface area contributed by atoms with Gasteiger partial charge in [-0.05, 0) is 26.0 Å². The topological polar surface area (TPSA) is 69.8 Å². The number of anilines is 1. The Labute approximate surface area is 93.3 Å². The fourth-order valence-electron chi connectivity index (χ4n) is 1.42. The Bertz CT molecular complexity index is 470. The molecule has 0 aliphatic rings. The molecular weight excluding hydrogens is 204 g/mol. The van der Waals surface area contributed by atoms with Crippen LogP contribution in [-0.4, -0.2) is 22.0 Å². The van der Waals surface area contributed by atoms with Crippen LogP contribution in [0.15, 0.2) is 24.3 Å². The number of fused-ring (bicyclic) bond motifs is 1. The maximum absolute atomic E-state index is 11.4.